The van der Waals surface area contributed by atoms with Crippen molar-refractivity contribution in [1.82, 2.24) is 25.1 Å². The second kappa shape index (κ2) is 13.0. The number of nitrogens with two attached hydrogens (primary N) is 1. The zero-order valence-electron chi connectivity index (χ0n) is 23.4. The molecule has 0 spiro atoms. The van der Waals surface area contributed by atoms with E-state index in [0.717, 1.165) is 17.7 Å². The Hall–Kier alpha value is -4.81. The number of fused-ring (bicyclic) bond motifs is 1. The number of halogens is 2. The number of amides is 4. The Kier molecular flexibility index (Phi) is 8.98. The van der Waals surface area contributed by atoms with Crippen LogP contribution in [0.2, 0.25) is 0 Å². The minimum Gasteiger partial charge on any atom is -0.412 e. The van der Waals surface area contributed by atoms with Gasteiger partial charge in [-0.3, -0.25) is 9.59 Å². The summed E-state index contributed by atoms with van der Waals surface area (Å²) in [5.41, 5.74) is 1.71. The third-order valence-corrected chi connectivity index (χ3v) is 7.53. The summed E-state index contributed by atoms with van der Waals surface area (Å²) in [6.07, 6.45) is 0.795. The fourth-order valence-corrected chi connectivity index (χ4v) is 5.48. The monoisotopic (exact) mass is 590 g/mol. The number of benzene rings is 3. The van der Waals surface area contributed by atoms with E-state index in [4.69, 9.17) is 10.7 Å². The Labute approximate surface area is 247 Å². The molecule has 12 heteroatoms. The van der Waals surface area contributed by atoms with Gasteiger partial charge in [-0.1, -0.05) is 54.6 Å². The zero-order chi connectivity index (χ0) is 30.5. The Morgan fingerprint density at radius 3 is 2.47 bits per heavy atom. The fraction of sp³-hybridized carbons (Fsp3) is 0.258. The minimum absolute atomic E-state index is 0.0930. The molecule has 4 amide bonds. The van der Waals surface area contributed by atoms with E-state index >= 15 is 0 Å². The molecule has 224 valence electrons. The summed E-state index contributed by atoms with van der Waals surface area (Å²) in [5.74, 6) is 3.37. The normalized spacial score (nSPS) is 18.8. The Morgan fingerprint density at radius 1 is 1.05 bits per heavy atom. The van der Waals surface area contributed by atoms with Crippen LogP contribution in [-0.2, 0) is 29.1 Å². The SMILES string of the molecule is C=CCN1CC(=O)N2[C@@H](Cc3ccc(ON)cc3)C(=O)N(Cc3ccc(F)cc3F)C[C@@H]2N1C(=O)NCc1ccccc1. The molecule has 3 aromatic carbocycles. The van der Waals surface area contributed by atoms with E-state index in [1.54, 1.807) is 35.4 Å². The van der Waals surface area contributed by atoms with Gasteiger partial charge in [-0.15, -0.1) is 6.58 Å². The van der Waals surface area contributed by atoms with E-state index in [0.29, 0.717) is 11.3 Å². The van der Waals surface area contributed by atoms with Crippen LogP contribution in [0.5, 0.6) is 5.75 Å². The van der Waals surface area contributed by atoms with Crippen LogP contribution < -0.4 is 16.1 Å². The predicted octanol–water partition coefficient (Wildman–Crippen LogP) is 2.95. The maximum absolute atomic E-state index is 14.7. The smallest absolute Gasteiger partial charge is 0.334 e. The zero-order valence-corrected chi connectivity index (χ0v) is 23.4. The Balaban J connectivity index is 1.50. The highest BCUT2D eigenvalue weighted by Gasteiger charge is 2.51. The minimum atomic E-state index is -1.00. The topological polar surface area (TPSA) is 111 Å². The van der Waals surface area contributed by atoms with Gasteiger partial charge in [0.25, 0.3) is 0 Å². The van der Waals surface area contributed by atoms with Crippen LogP contribution in [0.3, 0.4) is 0 Å². The van der Waals surface area contributed by atoms with Gasteiger partial charge in [0.15, 0.2) is 0 Å². The van der Waals surface area contributed by atoms with Crippen molar-refractivity contribution < 1.29 is 28.0 Å². The van der Waals surface area contributed by atoms with Crippen LogP contribution in [0, 0.1) is 11.6 Å². The van der Waals surface area contributed by atoms with Crippen molar-refractivity contribution in [3.63, 3.8) is 0 Å². The number of carbonyl (C=O) groups is 3. The molecular weight excluding hydrogens is 558 g/mol. The molecule has 2 heterocycles. The van der Waals surface area contributed by atoms with Gasteiger partial charge in [-0.05, 0) is 29.3 Å². The van der Waals surface area contributed by atoms with Crippen molar-refractivity contribution in [2.45, 2.75) is 31.7 Å². The molecule has 43 heavy (non-hydrogen) atoms. The molecule has 5 rings (SSSR count). The lowest BCUT2D eigenvalue weighted by Crippen LogP contribution is -2.76. The van der Waals surface area contributed by atoms with E-state index in [2.05, 4.69) is 11.9 Å². The quantitative estimate of drug-likeness (QED) is 0.293. The van der Waals surface area contributed by atoms with Crippen LogP contribution in [0.25, 0.3) is 0 Å². The molecule has 2 aliphatic rings. The first-order valence-corrected chi connectivity index (χ1v) is 13.8. The van der Waals surface area contributed by atoms with E-state index in [1.807, 2.05) is 30.3 Å². The molecular formula is C31H32F2N6O4. The molecule has 0 aromatic heterocycles. The van der Waals surface area contributed by atoms with Gasteiger partial charge in [0, 0.05) is 37.7 Å². The summed E-state index contributed by atoms with van der Waals surface area (Å²) in [5, 5.41) is 5.93. The van der Waals surface area contributed by atoms with Crippen molar-refractivity contribution in [3.8, 4) is 5.75 Å². The highest BCUT2D eigenvalue weighted by Crippen LogP contribution is 2.30. The van der Waals surface area contributed by atoms with Crippen LogP contribution in [0.4, 0.5) is 13.6 Å². The summed E-state index contributed by atoms with van der Waals surface area (Å²) in [7, 11) is 0. The van der Waals surface area contributed by atoms with E-state index in [-0.39, 0.29) is 50.6 Å². The van der Waals surface area contributed by atoms with Crippen LogP contribution in [0.15, 0.2) is 85.5 Å². The summed E-state index contributed by atoms with van der Waals surface area (Å²) < 4.78 is 28.3. The summed E-state index contributed by atoms with van der Waals surface area (Å²) in [6, 6.07) is 17.8. The van der Waals surface area contributed by atoms with Gasteiger partial charge in [-0.25, -0.2) is 23.6 Å². The first kappa shape index (κ1) is 29.7. The van der Waals surface area contributed by atoms with Crippen LogP contribution in [-0.4, -0.2) is 69.5 Å². The number of hydrogen-bond donors (Lipinski definition) is 2. The second-order valence-corrected chi connectivity index (χ2v) is 10.3. The summed E-state index contributed by atoms with van der Waals surface area (Å²) in [6.45, 7) is 3.78. The first-order valence-electron chi connectivity index (χ1n) is 13.8. The number of hydrogen-bond acceptors (Lipinski definition) is 6. The third-order valence-electron chi connectivity index (χ3n) is 7.53. The standard InChI is InChI=1S/C31H32F2N6O4/c1-2-14-37-20-29(40)38-27(15-21-8-12-25(43-34)13-9-21)30(41)36(18-23-10-11-24(32)16-26(23)33)19-28(38)39(37)31(42)35-17-22-6-4-3-5-7-22/h2-13,16,27-28H,1,14-15,17-20,34H2,(H,35,42)/t27-,28-/m0/s1. The molecule has 0 saturated carbocycles. The van der Waals surface area contributed by atoms with Gasteiger partial charge < -0.3 is 20.0 Å². The lowest BCUT2D eigenvalue weighted by molar-refractivity contribution is -0.189. The number of urea groups is 1. The maximum atomic E-state index is 14.7. The molecule has 0 bridgehead atoms. The second-order valence-electron chi connectivity index (χ2n) is 10.3. The molecule has 0 unspecified atom stereocenters. The fourth-order valence-electron chi connectivity index (χ4n) is 5.48. The van der Waals surface area contributed by atoms with E-state index < -0.39 is 35.8 Å². The number of nitrogens with zero attached hydrogens (tertiary/aromatic N) is 4. The highest BCUT2D eigenvalue weighted by molar-refractivity contribution is 5.91. The van der Waals surface area contributed by atoms with Gasteiger partial charge >= 0.3 is 6.03 Å². The number of rotatable bonds is 9. The highest BCUT2D eigenvalue weighted by atomic mass is 19.1. The molecule has 3 aromatic rings. The average molecular weight is 591 g/mol. The lowest BCUT2D eigenvalue weighted by Gasteiger charge is -2.55. The average Bonchev–Trinajstić information content (AvgIpc) is 3.00. The van der Waals surface area contributed by atoms with Gasteiger partial charge in [0.1, 0.15) is 29.6 Å². The lowest BCUT2D eigenvalue weighted by atomic mass is 9.98. The third kappa shape index (κ3) is 6.50. The maximum Gasteiger partial charge on any atom is 0.334 e. The molecule has 2 fully saturated rings. The largest absolute Gasteiger partial charge is 0.412 e. The molecule has 2 atom stereocenters. The summed E-state index contributed by atoms with van der Waals surface area (Å²) in [4.78, 5) is 49.0. The molecule has 0 aliphatic carbocycles. The first-order chi connectivity index (χ1) is 20.8. The number of carbonyl (C=O) groups excluding carboxylic acids is 3. The van der Waals surface area contributed by atoms with Crippen molar-refractivity contribution in [2.24, 2.45) is 5.90 Å². The van der Waals surface area contributed by atoms with Gasteiger partial charge in [0.05, 0.1) is 13.1 Å². The Morgan fingerprint density at radius 2 is 1.79 bits per heavy atom. The molecule has 0 radical (unpaired) electrons. The van der Waals surface area contributed by atoms with Crippen molar-refractivity contribution in [1.29, 1.82) is 0 Å². The molecule has 2 saturated heterocycles. The van der Waals surface area contributed by atoms with Crippen molar-refractivity contribution >= 4 is 17.8 Å². The predicted molar refractivity (Wildman–Crippen MR) is 153 cm³/mol. The van der Waals surface area contributed by atoms with E-state index in [9.17, 15) is 23.2 Å². The number of hydrazine groups is 1. The summed E-state index contributed by atoms with van der Waals surface area (Å²) >= 11 is 0. The molecule has 3 N–H and O–H groups in total. The Bertz CT molecular complexity index is 1490. The number of piperazine rings is 1. The van der Waals surface area contributed by atoms with E-state index in [1.165, 1.54) is 20.9 Å². The van der Waals surface area contributed by atoms with Gasteiger partial charge in [-0.2, -0.15) is 5.90 Å². The molecule has 10 nitrogen and oxygen atoms in total. The van der Waals surface area contributed by atoms with Crippen LogP contribution in [0.1, 0.15) is 16.7 Å². The van der Waals surface area contributed by atoms with Crippen molar-refractivity contribution in [3.05, 3.63) is 114 Å². The van der Waals surface area contributed by atoms with Crippen molar-refractivity contribution in [2.75, 3.05) is 19.6 Å². The number of nitrogens with one attached hydrogen (secondary N) is 1. The van der Waals surface area contributed by atoms with Gasteiger partial charge in [0.2, 0.25) is 11.8 Å². The molecule has 2 aliphatic heterocycles. The van der Waals surface area contributed by atoms with Crippen LogP contribution >= 0.6 is 0 Å².